The van der Waals surface area contributed by atoms with Crippen molar-refractivity contribution in [3.63, 3.8) is 0 Å². The van der Waals surface area contributed by atoms with Gasteiger partial charge < -0.3 is 10.2 Å². The van der Waals surface area contributed by atoms with E-state index in [-0.39, 0.29) is 5.78 Å². The third-order valence-corrected chi connectivity index (χ3v) is 2.70. The molecule has 0 bridgehead atoms. The summed E-state index contributed by atoms with van der Waals surface area (Å²) in [7, 11) is 0. The summed E-state index contributed by atoms with van der Waals surface area (Å²) in [5.41, 5.74) is 0. The Kier molecular flexibility index (Phi) is 3.56. The van der Waals surface area contributed by atoms with E-state index in [0.29, 0.717) is 18.9 Å². The SMILES string of the molecule is CC(C)CNc1cc(N2CCC(=O)C2)ncn1. The lowest BCUT2D eigenvalue weighted by atomic mass is 10.2. The van der Waals surface area contributed by atoms with Gasteiger partial charge in [-0.3, -0.25) is 4.79 Å². The highest BCUT2D eigenvalue weighted by Crippen LogP contribution is 2.17. The number of aromatic nitrogens is 2. The van der Waals surface area contributed by atoms with Gasteiger partial charge >= 0.3 is 0 Å². The number of nitrogens with zero attached hydrogens (tertiary/aromatic N) is 3. The van der Waals surface area contributed by atoms with Crippen molar-refractivity contribution in [3.05, 3.63) is 12.4 Å². The van der Waals surface area contributed by atoms with Crippen molar-refractivity contribution < 1.29 is 4.79 Å². The molecular formula is C12H18N4O. The number of carbonyl (C=O) groups excluding carboxylic acids is 1. The molecule has 0 saturated carbocycles. The van der Waals surface area contributed by atoms with E-state index in [1.54, 1.807) is 6.33 Å². The Hall–Kier alpha value is -1.65. The molecule has 5 heteroatoms. The summed E-state index contributed by atoms with van der Waals surface area (Å²) in [5, 5.41) is 3.26. The van der Waals surface area contributed by atoms with Crippen LogP contribution in [0.25, 0.3) is 0 Å². The minimum atomic E-state index is 0.278. The molecule has 0 atom stereocenters. The van der Waals surface area contributed by atoms with Crippen LogP contribution in [0.1, 0.15) is 20.3 Å². The second-order valence-electron chi connectivity index (χ2n) is 4.75. The average Bonchev–Trinajstić information content (AvgIpc) is 2.74. The average molecular weight is 234 g/mol. The number of rotatable bonds is 4. The van der Waals surface area contributed by atoms with Gasteiger partial charge in [0.15, 0.2) is 5.78 Å². The Labute approximate surface area is 101 Å². The van der Waals surface area contributed by atoms with Crippen molar-refractivity contribution in [2.45, 2.75) is 20.3 Å². The highest BCUT2D eigenvalue weighted by Gasteiger charge is 2.20. The monoisotopic (exact) mass is 234 g/mol. The summed E-state index contributed by atoms with van der Waals surface area (Å²) in [5.74, 6) is 2.50. The molecule has 92 valence electrons. The van der Waals surface area contributed by atoms with Crippen molar-refractivity contribution in [2.24, 2.45) is 5.92 Å². The van der Waals surface area contributed by atoms with E-state index < -0.39 is 0 Å². The summed E-state index contributed by atoms with van der Waals surface area (Å²) < 4.78 is 0. The van der Waals surface area contributed by atoms with E-state index in [2.05, 4.69) is 29.1 Å². The first-order chi connectivity index (χ1) is 8.15. The van der Waals surface area contributed by atoms with Crippen LogP contribution in [0.15, 0.2) is 12.4 Å². The largest absolute Gasteiger partial charge is 0.370 e. The lowest BCUT2D eigenvalue weighted by Crippen LogP contribution is -2.21. The molecule has 1 N–H and O–H groups in total. The van der Waals surface area contributed by atoms with Gasteiger partial charge in [-0.2, -0.15) is 0 Å². The van der Waals surface area contributed by atoms with Gasteiger partial charge in [0.2, 0.25) is 0 Å². The fraction of sp³-hybridized carbons (Fsp3) is 0.583. The summed E-state index contributed by atoms with van der Waals surface area (Å²) in [6.45, 7) is 6.41. The van der Waals surface area contributed by atoms with Crippen LogP contribution in [0.4, 0.5) is 11.6 Å². The Morgan fingerprint density at radius 1 is 1.47 bits per heavy atom. The number of Topliss-reactive ketones (excluding diaryl/α,β-unsaturated/α-hetero) is 1. The van der Waals surface area contributed by atoms with E-state index in [1.165, 1.54) is 0 Å². The molecule has 0 amide bonds. The normalized spacial score (nSPS) is 15.7. The van der Waals surface area contributed by atoms with Gasteiger partial charge in [-0.15, -0.1) is 0 Å². The smallest absolute Gasteiger partial charge is 0.153 e. The van der Waals surface area contributed by atoms with Crippen LogP contribution in [0.2, 0.25) is 0 Å². The van der Waals surface area contributed by atoms with Crippen molar-refractivity contribution in [1.82, 2.24) is 9.97 Å². The van der Waals surface area contributed by atoms with Gasteiger partial charge in [0.1, 0.15) is 18.0 Å². The number of hydrogen-bond acceptors (Lipinski definition) is 5. The third-order valence-electron chi connectivity index (χ3n) is 2.70. The second-order valence-corrected chi connectivity index (χ2v) is 4.75. The van der Waals surface area contributed by atoms with Gasteiger partial charge in [-0.05, 0) is 5.92 Å². The lowest BCUT2D eigenvalue weighted by molar-refractivity contribution is -0.116. The first-order valence-corrected chi connectivity index (χ1v) is 5.97. The first kappa shape index (κ1) is 11.8. The van der Waals surface area contributed by atoms with E-state index in [9.17, 15) is 4.79 Å². The second kappa shape index (κ2) is 5.12. The molecule has 1 aliphatic rings. The van der Waals surface area contributed by atoms with E-state index >= 15 is 0 Å². The number of hydrogen-bond donors (Lipinski definition) is 1. The zero-order chi connectivity index (χ0) is 12.3. The maximum Gasteiger partial charge on any atom is 0.153 e. The Balaban J connectivity index is 2.03. The van der Waals surface area contributed by atoms with E-state index in [1.807, 2.05) is 11.0 Å². The fourth-order valence-electron chi connectivity index (χ4n) is 1.75. The molecule has 17 heavy (non-hydrogen) atoms. The highest BCUT2D eigenvalue weighted by atomic mass is 16.1. The molecule has 0 spiro atoms. The summed E-state index contributed by atoms with van der Waals surface area (Å²) in [6.07, 6.45) is 2.17. The minimum absolute atomic E-state index is 0.278. The molecule has 0 unspecified atom stereocenters. The number of carbonyl (C=O) groups is 1. The fourth-order valence-corrected chi connectivity index (χ4v) is 1.75. The Morgan fingerprint density at radius 3 is 2.94 bits per heavy atom. The predicted octanol–water partition coefficient (Wildman–Crippen LogP) is 1.32. The van der Waals surface area contributed by atoms with Crippen LogP contribution in [0.3, 0.4) is 0 Å². The summed E-state index contributed by atoms with van der Waals surface area (Å²) in [4.78, 5) is 21.6. The van der Waals surface area contributed by atoms with Crippen LogP contribution in [0.5, 0.6) is 0 Å². The zero-order valence-electron chi connectivity index (χ0n) is 10.3. The quantitative estimate of drug-likeness (QED) is 0.851. The van der Waals surface area contributed by atoms with Gasteiger partial charge in [0.05, 0.1) is 6.54 Å². The molecule has 0 radical (unpaired) electrons. The minimum Gasteiger partial charge on any atom is -0.370 e. The third kappa shape index (κ3) is 3.15. The molecule has 0 aromatic carbocycles. The molecule has 5 nitrogen and oxygen atoms in total. The molecule has 2 rings (SSSR count). The summed E-state index contributed by atoms with van der Waals surface area (Å²) in [6, 6.07) is 1.90. The topological polar surface area (TPSA) is 58.1 Å². The van der Waals surface area contributed by atoms with Gasteiger partial charge in [0.25, 0.3) is 0 Å². The molecular weight excluding hydrogens is 216 g/mol. The van der Waals surface area contributed by atoms with Gasteiger partial charge in [0, 0.05) is 25.6 Å². The maximum atomic E-state index is 11.2. The van der Waals surface area contributed by atoms with Crippen molar-refractivity contribution in [3.8, 4) is 0 Å². The van der Waals surface area contributed by atoms with Crippen LogP contribution >= 0.6 is 0 Å². The van der Waals surface area contributed by atoms with Crippen molar-refractivity contribution >= 4 is 17.4 Å². The van der Waals surface area contributed by atoms with Crippen LogP contribution in [0, 0.1) is 5.92 Å². The van der Waals surface area contributed by atoms with E-state index in [4.69, 9.17) is 0 Å². The standard InChI is InChI=1S/C12H18N4O/c1-9(2)6-13-11-5-12(15-8-14-11)16-4-3-10(17)7-16/h5,8-9H,3-4,6-7H2,1-2H3,(H,13,14,15). The molecule has 1 aromatic rings. The number of ketones is 1. The first-order valence-electron chi connectivity index (χ1n) is 5.97. The molecule has 1 aliphatic heterocycles. The molecule has 2 heterocycles. The molecule has 1 aromatic heterocycles. The molecule has 1 saturated heterocycles. The Bertz CT molecular complexity index is 405. The zero-order valence-corrected chi connectivity index (χ0v) is 10.3. The van der Waals surface area contributed by atoms with Crippen LogP contribution in [-0.4, -0.2) is 35.4 Å². The van der Waals surface area contributed by atoms with Crippen molar-refractivity contribution in [2.75, 3.05) is 29.9 Å². The molecule has 0 aliphatic carbocycles. The van der Waals surface area contributed by atoms with Crippen LogP contribution < -0.4 is 10.2 Å². The number of anilines is 2. The van der Waals surface area contributed by atoms with Crippen LogP contribution in [-0.2, 0) is 4.79 Å². The van der Waals surface area contributed by atoms with Crippen molar-refractivity contribution in [1.29, 1.82) is 0 Å². The number of nitrogens with one attached hydrogen (secondary N) is 1. The highest BCUT2D eigenvalue weighted by molar-refractivity contribution is 5.86. The molecule has 1 fully saturated rings. The van der Waals surface area contributed by atoms with E-state index in [0.717, 1.165) is 24.7 Å². The Morgan fingerprint density at radius 2 is 2.29 bits per heavy atom. The summed E-state index contributed by atoms with van der Waals surface area (Å²) >= 11 is 0. The lowest BCUT2D eigenvalue weighted by Gasteiger charge is -2.16. The van der Waals surface area contributed by atoms with Gasteiger partial charge in [-0.1, -0.05) is 13.8 Å². The van der Waals surface area contributed by atoms with Gasteiger partial charge in [-0.25, -0.2) is 9.97 Å². The predicted molar refractivity (Wildman–Crippen MR) is 67.2 cm³/mol. The maximum absolute atomic E-state index is 11.2.